The van der Waals surface area contributed by atoms with Crippen molar-refractivity contribution >= 4 is 11.9 Å². The van der Waals surface area contributed by atoms with Gasteiger partial charge in [0.25, 0.3) is 0 Å². The highest BCUT2D eigenvalue weighted by molar-refractivity contribution is 5.81. The van der Waals surface area contributed by atoms with E-state index in [1.54, 1.807) is 0 Å². The molecule has 1 heterocycles. The van der Waals surface area contributed by atoms with Crippen LogP contribution in [0, 0.1) is 0 Å². The minimum absolute atomic E-state index is 0.101. The molecular formula is C16H29NO3. The fourth-order valence-corrected chi connectivity index (χ4v) is 2.68. The zero-order valence-corrected chi connectivity index (χ0v) is 13.4. The summed E-state index contributed by atoms with van der Waals surface area (Å²) in [6.07, 6.45) is 6.02. The fraction of sp³-hybridized carbons (Fsp3) is 0.875. The molecule has 0 saturated carbocycles. The van der Waals surface area contributed by atoms with E-state index in [9.17, 15) is 9.59 Å². The van der Waals surface area contributed by atoms with Crippen LogP contribution in [-0.2, 0) is 14.3 Å². The summed E-state index contributed by atoms with van der Waals surface area (Å²) in [5.41, 5.74) is -0.477. The molecule has 1 atom stereocenters. The molecule has 0 aliphatic carbocycles. The van der Waals surface area contributed by atoms with Crippen molar-refractivity contribution in [3.05, 3.63) is 0 Å². The van der Waals surface area contributed by atoms with Crippen LogP contribution in [0.1, 0.15) is 72.6 Å². The van der Waals surface area contributed by atoms with Gasteiger partial charge in [-0.1, -0.05) is 19.8 Å². The van der Waals surface area contributed by atoms with Gasteiger partial charge >= 0.3 is 5.97 Å². The highest BCUT2D eigenvalue weighted by atomic mass is 16.6. The summed E-state index contributed by atoms with van der Waals surface area (Å²) >= 11 is 0. The fourth-order valence-electron chi connectivity index (χ4n) is 2.68. The van der Waals surface area contributed by atoms with Crippen LogP contribution in [0.5, 0.6) is 0 Å². The maximum Gasteiger partial charge on any atom is 0.306 e. The molecule has 1 amide bonds. The summed E-state index contributed by atoms with van der Waals surface area (Å²) in [4.78, 5) is 26.0. The van der Waals surface area contributed by atoms with Crippen LogP contribution in [0.25, 0.3) is 0 Å². The number of ether oxygens (including phenoxy) is 1. The normalized spacial score (nSPS) is 20.4. The zero-order valence-electron chi connectivity index (χ0n) is 13.4. The van der Waals surface area contributed by atoms with Crippen LogP contribution >= 0.6 is 0 Å². The number of rotatable bonds is 4. The van der Waals surface area contributed by atoms with E-state index in [2.05, 4.69) is 6.92 Å². The number of nitrogens with zero attached hydrogens (tertiary/aromatic N) is 1. The van der Waals surface area contributed by atoms with E-state index < -0.39 is 5.60 Å². The Labute approximate surface area is 122 Å². The van der Waals surface area contributed by atoms with Crippen LogP contribution in [0.2, 0.25) is 0 Å². The van der Waals surface area contributed by atoms with Gasteiger partial charge in [0.05, 0.1) is 6.42 Å². The van der Waals surface area contributed by atoms with E-state index in [4.69, 9.17) is 4.74 Å². The first-order chi connectivity index (χ1) is 9.33. The van der Waals surface area contributed by atoms with Gasteiger partial charge in [-0.25, -0.2) is 0 Å². The minimum atomic E-state index is -0.477. The predicted octanol–water partition coefficient (Wildman–Crippen LogP) is 3.29. The third-order valence-electron chi connectivity index (χ3n) is 3.63. The molecule has 20 heavy (non-hydrogen) atoms. The molecule has 1 saturated heterocycles. The molecule has 0 aromatic rings. The van der Waals surface area contributed by atoms with Crippen molar-refractivity contribution in [3.8, 4) is 0 Å². The molecule has 0 spiro atoms. The van der Waals surface area contributed by atoms with Crippen LogP contribution in [0.15, 0.2) is 0 Å². The highest BCUT2D eigenvalue weighted by Gasteiger charge is 2.25. The van der Waals surface area contributed by atoms with Crippen LogP contribution < -0.4 is 0 Å². The Balaban J connectivity index is 2.46. The van der Waals surface area contributed by atoms with Crippen LogP contribution in [0.4, 0.5) is 0 Å². The Morgan fingerprint density at radius 1 is 1.15 bits per heavy atom. The van der Waals surface area contributed by atoms with Gasteiger partial charge in [-0.2, -0.15) is 0 Å². The second-order valence-electron chi connectivity index (χ2n) is 6.58. The average Bonchev–Trinajstić information content (AvgIpc) is 2.58. The van der Waals surface area contributed by atoms with Crippen molar-refractivity contribution in [1.82, 2.24) is 4.90 Å². The first-order valence-electron chi connectivity index (χ1n) is 7.85. The summed E-state index contributed by atoms with van der Waals surface area (Å²) in [6.45, 7) is 8.49. The lowest BCUT2D eigenvalue weighted by Gasteiger charge is -2.29. The van der Waals surface area contributed by atoms with Gasteiger partial charge in [0.15, 0.2) is 0 Å². The molecule has 1 unspecified atom stereocenters. The van der Waals surface area contributed by atoms with Crippen LogP contribution in [0.3, 0.4) is 0 Å². The lowest BCUT2D eigenvalue weighted by Crippen LogP contribution is -2.40. The summed E-state index contributed by atoms with van der Waals surface area (Å²) in [6, 6.07) is 0.351. The number of likely N-dealkylation sites (tertiary alicyclic amines) is 1. The number of esters is 1. The molecule has 1 rings (SSSR count). The number of carbonyl (C=O) groups excluding carboxylic acids is 2. The van der Waals surface area contributed by atoms with Gasteiger partial charge in [0.1, 0.15) is 5.60 Å². The molecule has 0 N–H and O–H groups in total. The first-order valence-corrected chi connectivity index (χ1v) is 7.85. The molecule has 1 aliphatic heterocycles. The third kappa shape index (κ3) is 5.93. The quantitative estimate of drug-likeness (QED) is 0.744. The van der Waals surface area contributed by atoms with Gasteiger partial charge in [-0.15, -0.1) is 0 Å². The number of amides is 1. The summed E-state index contributed by atoms with van der Waals surface area (Å²) in [5, 5.41) is 0. The second-order valence-corrected chi connectivity index (χ2v) is 6.58. The van der Waals surface area contributed by atoms with E-state index in [0.29, 0.717) is 6.04 Å². The third-order valence-corrected chi connectivity index (χ3v) is 3.63. The maximum absolute atomic E-state index is 12.3. The smallest absolute Gasteiger partial charge is 0.306 e. The Hall–Kier alpha value is -1.06. The summed E-state index contributed by atoms with van der Waals surface area (Å²) in [5.74, 6) is -0.182. The van der Waals surface area contributed by atoms with Crippen molar-refractivity contribution in [2.75, 3.05) is 6.54 Å². The Morgan fingerprint density at radius 2 is 1.85 bits per heavy atom. The second kappa shape index (κ2) is 7.65. The molecule has 1 aliphatic rings. The van der Waals surface area contributed by atoms with Gasteiger partial charge in [0, 0.05) is 19.0 Å². The minimum Gasteiger partial charge on any atom is -0.460 e. The number of hydrogen-bond acceptors (Lipinski definition) is 3. The van der Waals surface area contributed by atoms with E-state index in [0.717, 1.165) is 25.8 Å². The van der Waals surface area contributed by atoms with Crippen molar-refractivity contribution < 1.29 is 14.3 Å². The van der Waals surface area contributed by atoms with Crippen LogP contribution in [-0.4, -0.2) is 35.0 Å². The topological polar surface area (TPSA) is 46.6 Å². The molecule has 0 bridgehead atoms. The monoisotopic (exact) mass is 283 g/mol. The number of hydrogen-bond donors (Lipinski definition) is 0. The van der Waals surface area contributed by atoms with Crippen molar-refractivity contribution in [1.29, 1.82) is 0 Å². The summed E-state index contributed by atoms with van der Waals surface area (Å²) < 4.78 is 5.24. The van der Waals surface area contributed by atoms with Gasteiger partial charge < -0.3 is 9.64 Å². The molecule has 0 aromatic carbocycles. The largest absolute Gasteiger partial charge is 0.460 e. The predicted molar refractivity (Wildman–Crippen MR) is 79.3 cm³/mol. The van der Waals surface area contributed by atoms with Crippen molar-refractivity contribution in [2.45, 2.75) is 84.3 Å². The number of carbonyl (C=O) groups is 2. The molecule has 4 nitrogen and oxygen atoms in total. The molecule has 4 heteroatoms. The van der Waals surface area contributed by atoms with Gasteiger partial charge in [-0.3, -0.25) is 9.59 Å². The first kappa shape index (κ1) is 17.0. The average molecular weight is 283 g/mol. The molecular weight excluding hydrogens is 254 g/mol. The van der Waals surface area contributed by atoms with E-state index in [1.165, 1.54) is 12.8 Å². The highest BCUT2D eigenvalue weighted by Crippen LogP contribution is 2.20. The lowest BCUT2D eigenvalue weighted by atomic mass is 10.1. The molecule has 1 fully saturated rings. The van der Waals surface area contributed by atoms with E-state index >= 15 is 0 Å². The Bertz CT molecular complexity index is 333. The Morgan fingerprint density at radius 3 is 2.45 bits per heavy atom. The maximum atomic E-state index is 12.3. The van der Waals surface area contributed by atoms with Crippen molar-refractivity contribution in [2.24, 2.45) is 0 Å². The lowest BCUT2D eigenvalue weighted by molar-refractivity contribution is -0.156. The van der Waals surface area contributed by atoms with Gasteiger partial charge in [-0.05, 0) is 40.0 Å². The molecule has 116 valence electrons. The van der Waals surface area contributed by atoms with E-state index in [-0.39, 0.29) is 24.7 Å². The molecule has 0 radical (unpaired) electrons. The standard InChI is InChI=1S/C16H29NO3/c1-5-13-9-7-6-8-12-17(13)14(18)10-11-15(19)20-16(2,3)4/h13H,5-12H2,1-4H3. The molecule has 0 aromatic heterocycles. The summed E-state index contributed by atoms with van der Waals surface area (Å²) in [7, 11) is 0. The van der Waals surface area contributed by atoms with E-state index in [1.807, 2.05) is 25.7 Å². The van der Waals surface area contributed by atoms with Crippen molar-refractivity contribution in [3.63, 3.8) is 0 Å². The zero-order chi connectivity index (χ0) is 15.2. The van der Waals surface area contributed by atoms with Gasteiger partial charge in [0.2, 0.25) is 5.91 Å². The SMILES string of the molecule is CCC1CCCCCN1C(=O)CCC(=O)OC(C)(C)C. The Kier molecular flexibility index (Phi) is 6.50.